The average Bonchev–Trinajstić information content (AvgIpc) is 2.61. The van der Waals surface area contributed by atoms with Gasteiger partial charge in [0.05, 0.1) is 23.9 Å². The van der Waals surface area contributed by atoms with Crippen molar-refractivity contribution in [3.63, 3.8) is 0 Å². The molecule has 0 saturated heterocycles. The number of carbonyl (C=O) groups excluding carboxylic acids is 1. The second-order valence-corrected chi connectivity index (χ2v) is 5.40. The molecule has 5 nitrogen and oxygen atoms in total. The predicted molar refractivity (Wildman–Crippen MR) is 92.4 cm³/mol. The van der Waals surface area contributed by atoms with Crippen molar-refractivity contribution in [1.82, 2.24) is 4.98 Å². The zero-order valence-corrected chi connectivity index (χ0v) is 13.6. The van der Waals surface area contributed by atoms with E-state index < -0.39 is 17.8 Å². The normalized spacial score (nSPS) is 11.2. The molecule has 2 N–H and O–H groups in total. The molecule has 2 aromatic carbocycles. The molecular formula is C18H14F3N3O2. The largest absolute Gasteiger partial charge is 0.497 e. The molecule has 1 aromatic heterocycles. The van der Waals surface area contributed by atoms with E-state index >= 15 is 0 Å². The van der Waals surface area contributed by atoms with Gasteiger partial charge < -0.3 is 15.4 Å². The van der Waals surface area contributed by atoms with E-state index in [1.54, 1.807) is 24.3 Å². The number of hydrogen-bond donors (Lipinski definition) is 2. The van der Waals surface area contributed by atoms with E-state index in [0.29, 0.717) is 22.3 Å². The van der Waals surface area contributed by atoms with Crippen molar-refractivity contribution in [3.05, 3.63) is 60.3 Å². The molecule has 0 atom stereocenters. The molecule has 0 aliphatic rings. The Morgan fingerprint density at radius 1 is 1.08 bits per heavy atom. The van der Waals surface area contributed by atoms with E-state index in [1.807, 2.05) is 0 Å². The Morgan fingerprint density at radius 2 is 1.88 bits per heavy atom. The number of fused-ring (bicyclic) bond motifs is 1. The number of urea groups is 1. The molecule has 0 aliphatic carbocycles. The van der Waals surface area contributed by atoms with Gasteiger partial charge in [0, 0.05) is 23.3 Å². The molecule has 0 saturated carbocycles. The number of hydrogen-bond acceptors (Lipinski definition) is 3. The summed E-state index contributed by atoms with van der Waals surface area (Å²) in [6.07, 6.45) is -2.96. The molecule has 0 bridgehead atoms. The third kappa shape index (κ3) is 3.85. The molecule has 0 aliphatic heterocycles. The summed E-state index contributed by atoms with van der Waals surface area (Å²) >= 11 is 0. The highest BCUT2D eigenvalue weighted by Gasteiger charge is 2.30. The number of carbonyl (C=O) groups is 1. The van der Waals surface area contributed by atoms with E-state index in [1.165, 1.54) is 25.4 Å². The van der Waals surface area contributed by atoms with Gasteiger partial charge in [-0.25, -0.2) is 4.79 Å². The number of pyridine rings is 1. The summed E-state index contributed by atoms with van der Waals surface area (Å²) in [5.41, 5.74) is 0.289. The summed E-state index contributed by atoms with van der Waals surface area (Å²) in [6.45, 7) is 0. The lowest BCUT2D eigenvalue weighted by molar-refractivity contribution is -0.137. The number of nitrogens with zero attached hydrogens (tertiary/aromatic N) is 1. The second kappa shape index (κ2) is 6.91. The molecule has 8 heteroatoms. The van der Waals surface area contributed by atoms with Gasteiger partial charge in [0.15, 0.2) is 0 Å². The lowest BCUT2D eigenvalue weighted by Crippen LogP contribution is -2.20. The van der Waals surface area contributed by atoms with Crippen molar-refractivity contribution in [2.24, 2.45) is 0 Å². The van der Waals surface area contributed by atoms with Crippen LogP contribution in [0.3, 0.4) is 0 Å². The molecule has 0 unspecified atom stereocenters. The van der Waals surface area contributed by atoms with Crippen molar-refractivity contribution < 1.29 is 22.7 Å². The number of nitrogens with one attached hydrogen (secondary N) is 2. The quantitative estimate of drug-likeness (QED) is 0.698. The number of halogens is 3. The summed E-state index contributed by atoms with van der Waals surface area (Å²) in [6, 6.07) is 10.5. The lowest BCUT2D eigenvalue weighted by Gasteiger charge is -2.12. The second-order valence-electron chi connectivity index (χ2n) is 5.40. The van der Waals surface area contributed by atoms with Crippen molar-refractivity contribution in [2.75, 3.05) is 17.7 Å². The van der Waals surface area contributed by atoms with Crippen LogP contribution in [0.25, 0.3) is 10.9 Å². The molecule has 0 radical (unpaired) electrons. The smallest absolute Gasteiger partial charge is 0.416 e. The molecular weight excluding hydrogens is 346 g/mol. The first-order valence-electron chi connectivity index (χ1n) is 7.55. The van der Waals surface area contributed by atoms with E-state index in [0.717, 1.165) is 12.1 Å². The highest BCUT2D eigenvalue weighted by Crippen LogP contribution is 2.31. The highest BCUT2D eigenvalue weighted by atomic mass is 19.4. The Hall–Kier alpha value is -3.29. The van der Waals surface area contributed by atoms with Gasteiger partial charge in [0.25, 0.3) is 0 Å². The van der Waals surface area contributed by atoms with E-state index in [4.69, 9.17) is 4.74 Å². The van der Waals surface area contributed by atoms with Crippen molar-refractivity contribution >= 4 is 28.3 Å². The minimum absolute atomic E-state index is 0.0392. The molecule has 0 fully saturated rings. The van der Waals surface area contributed by atoms with Crippen LogP contribution < -0.4 is 15.4 Å². The highest BCUT2D eigenvalue weighted by molar-refractivity contribution is 6.05. The minimum atomic E-state index is -4.48. The zero-order chi connectivity index (χ0) is 18.7. The zero-order valence-electron chi connectivity index (χ0n) is 13.6. The molecule has 1 heterocycles. The fraction of sp³-hybridized carbons (Fsp3) is 0.111. The monoisotopic (exact) mass is 360 g/mol. The number of anilines is 2. The van der Waals surface area contributed by atoms with E-state index in [2.05, 4.69) is 15.6 Å². The number of amides is 2. The Labute approximate surface area is 146 Å². The van der Waals surface area contributed by atoms with Crippen LogP contribution in [0.5, 0.6) is 5.75 Å². The Balaban J connectivity index is 1.80. The SMILES string of the molecule is [11CH3]Oc1ccc2c(NC(=O)Nc3cccc(C(F)(F)F)c3)ccnc2c1. The fourth-order valence-corrected chi connectivity index (χ4v) is 2.42. The Kier molecular flexibility index (Phi) is 4.66. The predicted octanol–water partition coefficient (Wildman–Crippen LogP) is 4.91. The first kappa shape index (κ1) is 17.5. The first-order chi connectivity index (χ1) is 12.4. The van der Waals surface area contributed by atoms with Gasteiger partial charge in [-0.15, -0.1) is 0 Å². The summed E-state index contributed by atoms with van der Waals surface area (Å²) in [7, 11) is 1.53. The topological polar surface area (TPSA) is 63.2 Å². The summed E-state index contributed by atoms with van der Waals surface area (Å²) < 4.78 is 43.4. The Morgan fingerprint density at radius 3 is 2.62 bits per heavy atom. The molecule has 134 valence electrons. The van der Waals surface area contributed by atoms with Gasteiger partial charge in [-0.3, -0.25) is 4.98 Å². The van der Waals surface area contributed by atoms with Gasteiger partial charge in [-0.2, -0.15) is 13.2 Å². The molecule has 3 aromatic rings. The third-order valence-electron chi connectivity index (χ3n) is 3.65. The number of methoxy groups -OCH3 is 1. The van der Waals surface area contributed by atoms with Crippen LogP contribution in [0.2, 0.25) is 0 Å². The van der Waals surface area contributed by atoms with Crippen LogP contribution in [0.4, 0.5) is 29.3 Å². The average molecular weight is 360 g/mol. The third-order valence-corrected chi connectivity index (χ3v) is 3.65. The fourth-order valence-electron chi connectivity index (χ4n) is 2.42. The number of alkyl halides is 3. The number of aromatic nitrogens is 1. The van der Waals surface area contributed by atoms with Gasteiger partial charge in [-0.05, 0) is 36.4 Å². The maximum atomic E-state index is 12.7. The van der Waals surface area contributed by atoms with Gasteiger partial charge in [-0.1, -0.05) is 6.07 Å². The Bertz CT molecular complexity index is 958. The van der Waals surface area contributed by atoms with Crippen molar-refractivity contribution in [3.8, 4) is 5.75 Å². The lowest BCUT2D eigenvalue weighted by atomic mass is 10.2. The molecule has 2 amide bonds. The van der Waals surface area contributed by atoms with Crippen molar-refractivity contribution in [1.29, 1.82) is 0 Å². The summed E-state index contributed by atoms with van der Waals surface area (Å²) in [4.78, 5) is 16.4. The molecule has 26 heavy (non-hydrogen) atoms. The van der Waals surface area contributed by atoms with E-state index in [9.17, 15) is 18.0 Å². The molecule has 3 rings (SSSR count). The van der Waals surface area contributed by atoms with Crippen LogP contribution in [-0.2, 0) is 6.18 Å². The maximum Gasteiger partial charge on any atom is 0.416 e. The van der Waals surface area contributed by atoms with Crippen LogP contribution in [-0.4, -0.2) is 18.1 Å². The van der Waals surface area contributed by atoms with Crippen LogP contribution >= 0.6 is 0 Å². The first-order valence-corrected chi connectivity index (χ1v) is 7.55. The number of benzene rings is 2. The van der Waals surface area contributed by atoms with Gasteiger partial charge in [0.2, 0.25) is 0 Å². The van der Waals surface area contributed by atoms with Crippen LogP contribution in [0.15, 0.2) is 54.7 Å². The molecule has 0 spiro atoms. The van der Waals surface area contributed by atoms with Crippen LogP contribution in [0.1, 0.15) is 5.56 Å². The van der Waals surface area contributed by atoms with Crippen molar-refractivity contribution in [2.45, 2.75) is 6.18 Å². The number of rotatable bonds is 3. The van der Waals surface area contributed by atoms with E-state index in [-0.39, 0.29) is 5.69 Å². The van der Waals surface area contributed by atoms with Crippen LogP contribution in [0, 0.1) is 0 Å². The maximum absolute atomic E-state index is 12.7. The summed E-state index contributed by atoms with van der Waals surface area (Å²) in [5, 5.41) is 5.69. The van der Waals surface area contributed by atoms with Gasteiger partial charge >= 0.3 is 12.2 Å². The minimum Gasteiger partial charge on any atom is -0.497 e. The summed E-state index contributed by atoms with van der Waals surface area (Å²) in [5.74, 6) is 0.621. The number of ether oxygens (including phenoxy) is 1. The van der Waals surface area contributed by atoms with Gasteiger partial charge in [0.1, 0.15) is 5.75 Å². The standard InChI is InChI=1S/C18H14F3N3O2/c1-26-13-5-6-14-15(7-8-22-16(14)10-13)24-17(25)23-12-4-2-3-11(9-12)18(19,20)21/h2-10H,1H3,(H2,22,23,24,25)/i1-1.